The summed E-state index contributed by atoms with van der Waals surface area (Å²) in [5, 5.41) is 3.07. The molecule has 0 radical (unpaired) electrons. The van der Waals surface area contributed by atoms with Crippen LogP contribution in [0.4, 0.5) is 0 Å². The van der Waals surface area contributed by atoms with Gasteiger partial charge >= 0.3 is 0 Å². The molecule has 0 aromatic heterocycles. The van der Waals surface area contributed by atoms with Crippen LogP contribution in [0.1, 0.15) is 19.3 Å². The molecule has 2 saturated heterocycles. The van der Waals surface area contributed by atoms with Gasteiger partial charge in [-0.3, -0.25) is 4.79 Å². The van der Waals surface area contributed by atoms with Gasteiger partial charge in [0.1, 0.15) is 0 Å². The van der Waals surface area contributed by atoms with Crippen molar-refractivity contribution in [3.05, 3.63) is 0 Å². The summed E-state index contributed by atoms with van der Waals surface area (Å²) in [6.45, 7) is 0. The third-order valence-electron chi connectivity index (χ3n) is 2.34. The van der Waals surface area contributed by atoms with E-state index < -0.39 is 0 Å². The summed E-state index contributed by atoms with van der Waals surface area (Å²) in [5.74, 6) is 2.61. The highest BCUT2D eigenvalue weighted by Gasteiger charge is 2.40. The molecule has 56 valence electrons. The molecule has 0 aromatic carbocycles. The Bertz CT molecular complexity index is 163. The quantitative estimate of drug-likeness (QED) is 0.563. The summed E-state index contributed by atoms with van der Waals surface area (Å²) < 4.78 is 0. The van der Waals surface area contributed by atoms with Crippen LogP contribution >= 0.6 is 11.8 Å². The van der Waals surface area contributed by atoms with Crippen molar-refractivity contribution in [1.82, 2.24) is 5.32 Å². The second-order valence-electron chi connectivity index (χ2n) is 3.13. The molecular weight excluding hydrogens is 146 g/mol. The lowest BCUT2D eigenvalue weighted by molar-refractivity contribution is -0.119. The Balaban J connectivity index is 2.09. The Kier molecular flexibility index (Phi) is 1.41. The van der Waals surface area contributed by atoms with Gasteiger partial charge in [-0.15, -0.1) is 0 Å². The van der Waals surface area contributed by atoms with E-state index >= 15 is 0 Å². The minimum absolute atomic E-state index is 0.224. The fourth-order valence-electron chi connectivity index (χ4n) is 1.68. The van der Waals surface area contributed by atoms with Gasteiger partial charge in [0.25, 0.3) is 0 Å². The van der Waals surface area contributed by atoms with E-state index in [1.54, 1.807) is 0 Å². The Morgan fingerprint density at radius 3 is 2.90 bits per heavy atom. The fourth-order valence-corrected chi connectivity index (χ4v) is 3.11. The van der Waals surface area contributed by atoms with E-state index in [1.807, 2.05) is 11.8 Å². The number of nitrogens with one attached hydrogen (secondary N) is 1. The van der Waals surface area contributed by atoms with Crippen LogP contribution in [0.5, 0.6) is 0 Å². The summed E-state index contributed by atoms with van der Waals surface area (Å²) in [5.41, 5.74) is 0.224. The van der Waals surface area contributed by atoms with Crippen molar-refractivity contribution in [2.45, 2.75) is 24.8 Å². The molecule has 1 N–H and O–H groups in total. The van der Waals surface area contributed by atoms with Gasteiger partial charge in [0.15, 0.2) is 0 Å². The van der Waals surface area contributed by atoms with E-state index in [1.165, 1.54) is 12.2 Å². The van der Waals surface area contributed by atoms with E-state index in [0.29, 0.717) is 0 Å². The molecule has 0 bridgehead atoms. The number of hydrogen-bond donors (Lipinski definition) is 1. The van der Waals surface area contributed by atoms with Gasteiger partial charge < -0.3 is 5.32 Å². The maximum atomic E-state index is 10.9. The van der Waals surface area contributed by atoms with Gasteiger partial charge in [-0.05, 0) is 18.6 Å². The lowest BCUT2D eigenvalue weighted by Gasteiger charge is -2.20. The predicted molar refractivity (Wildman–Crippen MR) is 42.0 cm³/mol. The average molecular weight is 157 g/mol. The number of hydrogen-bond acceptors (Lipinski definition) is 2. The summed E-state index contributed by atoms with van der Waals surface area (Å²) in [7, 11) is 0. The monoisotopic (exact) mass is 157 g/mol. The molecule has 0 aliphatic carbocycles. The second-order valence-corrected chi connectivity index (χ2v) is 4.24. The molecule has 2 aliphatic rings. The molecule has 1 atom stereocenters. The Labute approximate surface area is 64.8 Å². The molecule has 0 aromatic rings. The van der Waals surface area contributed by atoms with E-state index in [-0.39, 0.29) is 11.4 Å². The SMILES string of the molecule is O=C1CCC2(CCSC2)N1. The van der Waals surface area contributed by atoms with Gasteiger partial charge in [0.05, 0.1) is 5.54 Å². The normalized spacial score (nSPS) is 39.0. The zero-order chi connectivity index (χ0) is 7.03. The first kappa shape index (κ1) is 6.53. The summed E-state index contributed by atoms with van der Waals surface area (Å²) in [6, 6.07) is 0. The molecule has 1 spiro atoms. The molecule has 1 unspecified atom stereocenters. The molecule has 2 aliphatic heterocycles. The smallest absolute Gasteiger partial charge is 0.220 e. The third kappa shape index (κ3) is 0.926. The van der Waals surface area contributed by atoms with E-state index in [2.05, 4.69) is 5.32 Å². The van der Waals surface area contributed by atoms with Crippen LogP contribution in [0.15, 0.2) is 0 Å². The van der Waals surface area contributed by atoms with E-state index in [9.17, 15) is 4.79 Å². The molecule has 10 heavy (non-hydrogen) atoms. The van der Waals surface area contributed by atoms with Gasteiger partial charge in [-0.25, -0.2) is 0 Å². The van der Waals surface area contributed by atoms with Crippen LogP contribution in [-0.4, -0.2) is 23.0 Å². The number of carbonyl (C=O) groups excluding carboxylic acids is 1. The molecule has 2 rings (SSSR count). The summed E-state index contributed by atoms with van der Waals surface area (Å²) >= 11 is 1.96. The number of amides is 1. The zero-order valence-electron chi connectivity index (χ0n) is 5.85. The topological polar surface area (TPSA) is 29.1 Å². The fraction of sp³-hybridized carbons (Fsp3) is 0.857. The number of rotatable bonds is 0. The first-order valence-corrected chi connectivity index (χ1v) is 4.85. The largest absolute Gasteiger partial charge is 0.350 e. The van der Waals surface area contributed by atoms with Crippen LogP contribution in [0.2, 0.25) is 0 Å². The lowest BCUT2D eigenvalue weighted by Crippen LogP contribution is -2.41. The van der Waals surface area contributed by atoms with Crippen molar-refractivity contribution >= 4 is 17.7 Å². The molecule has 2 heterocycles. The van der Waals surface area contributed by atoms with E-state index in [0.717, 1.165) is 18.6 Å². The standard InChI is InChI=1S/C7H11NOS/c9-6-1-2-7(8-6)3-4-10-5-7/h1-5H2,(H,8,9). The highest BCUT2D eigenvalue weighted by atomic mass is 32.2. The van der Waals surface area contributed by atoms with Crippen LogP contribution in [0.3, 0.4) is 0 Å². The minimum Gasteiger partial charge on any atom is -0.350 e. The van der Waals surface area contributed by atoms with Gasteiger partial charge in [-0.1, -0.05) is 0 Å². The molecular formula is C7H11NOS. The number of thioether (sulfide) groups is 1. The van der Waals surface area contributed by atoms with Crippen molar-refractivity contribution in [1.29, 1.82) is 0 Å². The summed E-state index contributed by atoms with van der Waals surface area (Å²) in [6.07, 6.45) is 3.00. The van der Waals surface area contributed by atoms with Crippen molar-refractivity contribution in [2.75, 3.05) is 11.5 Å². The first-order chi connectivity index (χ1) is 4.81. The molecule has 0 saturated carbocycles. The Hall–Kier alpha value is -0.180. The summed E-state index contributed by atoms with van der Waals surface area (Å²) in [4.78, 5) is 10.9. The van der Waals surface area contributed by atoms with Gasteiger partial charge in [0.2, 0.25) is 5.91 Å². The Morgan fingerprint density at radius 2 is 2.40 bits per heavy atom. The zero-order valence-corrected chi connectivity index (χ0v) is 6.67. The van der Waals surface area contributed by atoms with E-state index in [4.69, 9.17) is 0 Å². The van der Waals surface area contributed by atoms with Crippen LogP contribution in [0.25, 0.3) is 0 Å². The molecule has 1 amide bonds. The van der Waals surface area contributed by atoms with Crippen LogP contribution in [-0.2, 0) is 4.79 Å². The second kappa shape index (κ2) is 2.16. The van der Waals surface area contributed by atoms with Crippen LogP contribution < -0.4 is 5.32 Å². The highest BCUT2D eigenvalue weighted by molar-refractivity contribution is 7.99. The average Bonchev–Trinajstić information content (AvgIpc) is 2.46. The van der Waals surface area contributed by atoms with Crippen molar-refractivity contribution in [3.8, 4) is 0 Å². The van der Waals surface area contributed by atoms with Gasteiger partial charge in [-0.2, -0.15) is 11.8 Å². The highest BCUT2D eigenvalue weighted by Crippen LogP contribution is 2.34. The van der Waals surface area contributed by atoms with Crippen molar-refractivity contribution in [3.63, 3.8) is 0 Å². The van der Waals surface area contributed by atoms with Crippen molar-refractivity contribution in [2.24, 2.45) is 0 Å². The van der Waals surface area contributed by atoms with Crippen molar-refractivity contribution < 1.29 is 4.79 Å². The molecule has 2 fully saturated rings. The first-order valence-electron chi connectivity index (χ1n) is 3.70. The Morgan fingerprint density at radius 1 is 1.50 bits per heavy atom. The molecule has 3 heteroatoms. The lowest BCUT2D eigenvalue weighted by atomic mass is 9.97. The third-order valence-corrected chi connectivity index (χ3v) is 3.59. The van der Waals surface area contributed by atoms with Crippen LogP contribution in [0, 0.1) is 0 Å². The number of carbonyl (C=O) groups is 1. The maximum Gasteiger partial charge on any atom is 0.220 e. The predicted octanol–water partition coefficient (Wildman–Crippen LogP) is 0.772. The molecule has 2 nitrogen and oxygen atoms in total. The maximum absolute atomic E-state index is 10.9. The minimum atomic E-state index is 0.224. The van der Waals surface area contributed by atoms with Gasteiger partial charge in [0, 0.05) is 12.2 Å².